The lowest BCUT2D eigenvalue weighted by molar-refractivity contribution is -0.120. The summed E-state index contributed by atoms with van der Waals surface area (Å²) in [5.74, 6) is -0.194. The molecular formula is C12H16N4O2. The van der Waals surface area contributed by atoms with Crippen LogP contribution in [0.2, 0.25) is 0 Å². The van der Waals surface area contributed by atoms with E-state index in [1.807, 2.05) is 4.90 Å². The Morgan fingerprint density at radius 3 is 2.89 bits per heavy atom. The Morgan fingerprint density at radius 1 is 1.50 bits per heavy atom. The van der Waals surface area contributed by atoms with Gasteiger partial charge in [0.2, 0.25) is 5.91 Å². The van der Waals surface area contributed by atoms with Crippen molar-refractivity contribution < 1.29 is 9.59 Å². The van der Waals surface area contributed by atoms with Crippen molar-refractivity contribution in [1.82, 2.24) is 10.6 Å². The lowest BCUT2D eigenvalue weighted by atomic mass is 10.1. The summed E-state index contributed by atoms with van der Waals surface area (Å²) in [7, 11) is 1.57. The van der Waals surface area contributed by atoms with E-state index in [9.17, 15) is 9.59 Å². The number of piperazine rings is 1. The normalized spacial score (nSPS) is 15.2. The van der Waals surface area contributed by atoms with Gasteiger partial charge in [0.15, 0.2) is 0 Å². The van der Waals surface area contributed by atoms with E-state index < -0.39 is 0 Å². The number of carbonyl (C=O) groups excluding carboxylic acids is 2. The van der Waals surface area contributed by atoms with Crippen LogP contribution in [0.5, 0.6) is 0 Å². The first-order valence-electron chi connectivity index (χ1n) is 5.75. The van der Waals surface area contributed by atoms with Gasteiger partial charge in [0.25, 0.3) is 5.91 Å². The molecule has 0 unspecified atom stereocenters. The maximum atomic E-state index is 11.5. The molecule has 18 heavy (non-hydrogen) atoms. The number of rotatable bonds is 2. The van der Waals surface area contributed by atoms with E-state index in [0.29, 0.717) is 24.3 Å². The van der Waals surface area contributed by atoms with Crippen molar-refractivity contribution in [3.63, 3.8) is 0 Å². The molecule has 1 heterocycles. The SMILES string of the molecule is CNC(=O)c1ccc(N2CCNC(=O)C2)c(N)c1. The number of nitrogens with zero attached hydrogens (tertiary/aromatic N) is 1. The average molecular weight is 248 g/mol. The minimum Gasteiger partial charge on any atom is -0.397 e. The first-order valence-corrected chi connectivity index (χ1v) is 5.75. The molecule has 1 aliphatic rings. The molecule has 2 rings (SSSR count). The van der Waals surface area contributed by atoms with Crippen molar-refractivity contribution in [2.24, 2.45) is 0 Å². The van der Waals surface area contributed by atoms with Gasteiger partial charge < -0.3 is 21.3 Å². The standard InChI is InChI=1S/C12H16N4O2/c1-14-12(18)8-2-3-10(9(13)6-8)16-5-4-15-11(17)7-16/h2-3,6H,4-5,7,13H2,1H3,(H,14,18)(H,15,17). The highest BCUT2D eigenvalue weighted by molar-refractivity contribution is 5.96. The number of nitrogen functional groups attached to an aromatic ring is 1. The molecule has 1 aliphatic heterocycles. The van der Waals surface area contributed by atoms with Gasteiger partial charge in [-0.25, -0.2) is 0 Å². The van der Waals surface area contributed by atoms with Crippen molar-refractivity contribution in [3.8, 4) is 0 Å². The van der Waals surface area contributed by atoms with Crippen LogP contribution in [0.15, 0.2) is 18.2 Å². The number of amides is 2. The summed E-state index contributed by atoms with van der Waals surface area (Å²) in [4.78, 5) is 24.7. The third-order valence-electron chi connectivity index (χ3n) is 2.90. The van der Waals surface area contributed by atoms with Gasteiger partial charge >= 0.3 is 0 Å². The molecule has 0 saturated carbocycles. The van der Waals surface area contributed by atoms with E-state index in [1.165, 1.54) is 0 Å². The van der Waals surface area contributed by atoms with Crippen molar-refractivity contribution >= 4 is 23.2 Å². The Morgan fingerprint density at radius 2 is 2.28 bits per heavy atom. The van der Waals surface area contributed by atoms with Crippen LogP contribution in [0.25, 0.3) is 0 Å². The van der Waals surface area contributed by atoms with E-state index in [2.05, 4.69) is 10.6 Å². The second-order valence-electron chi connectivity index (χ2n) is 4.12. The van der Waals surface area contributed by atoms with Crippen molar-refractivity contribution in [3.05, 3.63) is 23.8 Å². The molecule has 6 nitrogen and oxygen atoms in total. The molecule has 0 aromatic heterocycles. The van der Waals surface area contributed by atoms with Crippen LogP contribution < -0.4 is 21.3 Å². The average Bonchev–Trinajstić information content (AvgIpc) is 2.37. The summed E-state index contributed by atoms with van der Waals surface area (Å²) >= 11 is 0. The Balaban J connectivity index is 2.24. The van der Waals surface area contributed by atoms with Crippen LogP contribution >= 0.6 is 0 Å². The van der Waals surface area contributed by atoms with E-state index in [0.717, 1.165) is 12.2 Å². The Bertz CT molecular complexity index is 487. The lowest BCUT2D eigenvalue weighted by Gasteiger charge is -2.29. The van der Waals surface area contributed by atoms with Crippen LogP contribution in [0.3, 0.4) is 0 Å². The van der Waals surface area contributed by atoms with E-state index in [4.69, 9.17) is 5.73 Å². The number of nitrogens with one attached hydrogen (secondary N) is 2. The number of nitrogens with two attached hydrogens (primary N) is 1. The predicted molar refractivity (Wildman–Crippen MR) is 69.5 cm³/mol. The smallest absolute Gasteiger partial charge is 0.251 e. The fourth-order valence-corrected chi connectivity index (χ4v) is 1.97. The molecule has 4 N–H and O–H groups in total. The molecule has 1 aromatic rings. The summed E-state index contributed by atoms with van der Waals surface area (Å²) in [5, 5.41) is 5.30. The van der Waals surface area contributed by atoms with Gasteiger partial charge in [-0.1, -0.05) is 0 Å². The molecule has 1 fully saturated rings. The fourth-order valence-electron chi connectivity index (χ4n) is 1.97. The van der Waals surface area contributed by atoms with Gasteiger partial charge in [-0.05, 0) is 18.2 Å². The van der Waals surface area contributed by atoms with Crippen molar-refractivity contribution in [2.45, 2.75) is 0 Å². The quantitative estimate of drug-likeness (QED) is 0.619. The number of benzene rings is 1. The third-order valence-corrected chi connectivity index (χ3v) is 2.90. The zero-order valence-electron chi connectivity index (χ0n) is 10.2. The van der Waals surface area contributed by atoms with Crippen molar-refractivity contribution in [2.75, 3.05) is 37.3 Å². The van der Waals surface area contributed by atoms with Crippen LogP contribution in [0, 0.1) is 0 Å². The largest absolute Gasteiger partial charge is 0.397 e. The molecular weight excluding hydrogens is 232 g/mol. The summed E-state index contributed by atoms with van der Waals surface area (Å²) in [6.07, 6.45) is 0. The second kappa shape index (κ2) is 4.95. The highest BCUT2D eigenvalue weighted by Crippen LogP contribution is 2.24. The molecule has 0 bridgehead atoms. The van der Waals surface area contributed by atoms with Crippen LogP contribution in [0.4, 0.5) is 11.4 Å². The summed E-state index contributed by atoms with van der Waals surface area (Å²) in [6.45, 7) is 1.62. The molecule has 1 aromatic carbocycles. The molecule has 0 aliphatic carbocycles. The van der Waals surface area contributed by atoms with Gasteiger partial charge in [-0.3, -0.25) is 9.59 Å². The minimum absolute atomic E-state index is 0.0176. The summed E-state index contributed by atoms with van der Waals surface area (Å²) in [6, 6.07) is 5.11. The Hall–Kier alpha value is -2.24. The topological polar surface area (TPSA) is 87.5 Å². The third kappa shape index (κ3) is 2.37. The molecule has 96 valence electrons. The molecule has 0 radical (unpaired) electrons. The lowest BCUT2D eigenvalue weighted by Crippen LogP contribution is -2.47. The van der Waals surface area contributed by atoms with Gasteiger partial charge in [0, 0.05) is 25.7 Å². The highest BCUT2D eigenvalue weighted by atomic mass is 16.2. The number of carbonyl (C=O) groups is 2. The van der Waals surface area contributed by atoms with Crippen molar-refractivity contribution in [1.29, 1.82) is 0 Å². The number of hydrogen-bond donors (Lipinski definition) is 3. The maximum Gasteiger partial charge on any atom is 0.251 e. The van der Waals surface area contributed by atoms with E-state index >= 15 is 0 Å². The van der Waals surface area contributed by atoms with E-state index in [-0.39, 0.29) is 11.8 Å². The number of hydrogen-bond acceptors (Lipinski definition) is 4. The summed E-state index contributed by atoms with van der Waals surface area (Å²) in [5.41, 5.74) is 7.75. The van der Waals surface area contributed by atoms with Crippen LogP contribution in [-0.2, 0) is 4.79 Å². The maximum absolute atomic E-state index is 11.5. The van der Waals surface area contributed by atoms with Crippen LogP contribution in [0.1, 0.15) is 10.4 Å². The van der Waals surface area contributed by atoms with Crippen LogP contribution in [-0.4, -0.2) is 38.5 Å². The Kier molecular flexibility index (Phi) is 3.36. The van der Waals surface area contributed by atoms with Gasteiger partial charge in [0.1, 0.15) is 0 Å². The summed E-state index contributed by atoms with van der Waals surface area (Å²) < 4.78 is 0. The van der Waals surface area contributed by atoms with Gasteiger partial charge in [-0.2, -0.15) is 0 Å². The molecule has 2 amide bonds. The molecule has 0 spiro atoms. The first kappa shape index (κ1) is 12.2. The predicted octanol–water partition coefficient (Wildman–Crippen LogP) is -0.435. The zero-order chi connectivity index (χ0) is 13.1. The highest BCUT2D eigenvalue weighted by Gasteiger charge is 2.18. The monoisotopic (exact) mass is 248 g/mol. The van der Waals surface area contributed by atoms with E-state index in [1.54, 1.807) is 25.2 Å². The Labute approximate surface area is 105 Å². The second-order valence-corrected chi connectivity index (χ2v) is 4.12. The fraction of sp³-hybridized carbons (Fsp3) is 0.333. The zero-order valence-corrected chi connectivity index (χ0v) is 10.2. The molecule has 6 heteroatoms. The van der Waals surface area contributed by atoms with Gasteiger partial charge in [0.05, 0.1) is 17.9 Å². The number of anilines is 2. The van der Waals surface area contributed by atoms with Gasteiger partial charge in [-0.15, -0.1) is 0 Å². The molecule has 1 saturated heterocycles. The minimum atomic E-state index is -0.176. The first-order chi connectivity index (χ1) is 8.61. The molecule has 0 atom stereocenters.